The molecule has 0 spiro atoms. The number of esters is 2. The maximum atomic E-state index is 12.3. The van der Waals surface area contributed by atoms with Crippen molar-refractivity contribution >= 4 is 29.4 Å². The molecule has 3 N–H and O–H groups in total. The second-order valence-electron chi connectivity index (χ2n) is 7.92. The van der Waals surface area contributed by atoms with Crippen molar-refractivity contribution in [3.05, 3.63) is 64.7 Å². The van der Waals surface area contributed by atoms with E-state index in [1.807, 2.05) is 12.1 Å². The van der Waals surface area contributed by atoms with Crippen molar-refractivity contribution in [2.75, 3.05) is 19.9 Å². The van der Waals surface area contributed by atoms with Crippen LogP contribution in [0, 0.1) is 5.92 Å². The summed E-state index contributed by atoms with van der Waals surface area (Å²) in [6, 6.07) is 13.8. The third kappa shape index (κ3) is 8.40. The van der Waals surface area contributed by atoms with Gasteiger partial charge in [0.15, 0.2) is 5.60 Å². The molecular weight excluding hydrogens is 448 g/mol. The van der Waals surface area contributed by atoms with E-state index in [2.05, 4.69) is 5.32 Å². The highest BCUT2D eigenvalue weighted by Gasteiger charge is 2.32. The number of ether oxygens (including phenoxy) is 3. The summed E-state index contributed by atoms with van der Waals surface area (Å²) in [7, 11) is 0. The van der Waals surface area contributed by atoms with Gasteiger partial charge in [-0.15, -0.1) is 0 Å². The Labute approximate surface area is 198 Å². The van der Waals surface area contributed by atoms with Crippen molar-refractivity contribution in [1.82, 2.24) is 5.32 Å². The largest absolute Gasteiger partial charge is 0.476 e. The molecule has 0 aliphatic carbocycles. The van der Waals surface area contributed by atoms with Crippen molar-refractivity contribution in [3.8, 4) is 5.75 Å². The lowest BCUT2D eigenvalue weighted by atomic mass is 10.1. The first-order chi connectivity index (χ1) is 15.6. The summed E-state index contributed by atoms with van der Waals surface area (Å²) in [5.41, 5.74) is 5.62. The molecule has 33 heavy (non-hydrogen) atoms. The fourth-order valence-corrected chi connectivity index (χ4v) is 2.76. The monoisotopic (exact) mass is 476 g/mol. The number of benzene rings is 2. The minimum Gasteiger partial charge on any atom is -0.476 e. The predicted molar refractivity (Wildman–Crippen MR) is 124 cm³/mol. The molecule has 2 aromatic carbocycles. The Hall–Kier alpha value is -3.10. The highest BCUT2D eigenvalue weighted by atomic mass is 35.5. The molecule has 0 heterocycles. The summed E-state index contributed by atoms with van der Waals surface area (Å²) in [5, 5.41) is 3.43. The predicted octanol–water partition coefficient (Wildman–Crippen LogP) is 3.11. The van der Waals surface area contributed by atoms with E-state index in [4.69, 9.17) is 31.5 Å². The van der Waals surface area contributed by atoms with Crippen LogP contribution in [0.25, 0.3) is 0 Å². The zero-order valence-corrected chi connectivity index (χ0v) is 19.7. The number of amides is 1. The smallest absolute Gasteiger partial charge is 0.352 e. The minimum atomic E-state index is -1.29. The zero-order valence-electron chi connectivity index (χ0n) is 18.9. The minimum absolute atomic E-state index is 0.145. The number of hydrogen-bond acceptors (Lipinski definition) is 7. The molecule has 0 aliphatic heterocycles. The van der Waals surface area contributed by atoms with E-state index < -0.39 is 30.3 Å². The molecular formula is C24H29ClN2O6. The van der Waals surface area contributed by atoms with Crippen molar-refractivity contribution in [2.24, 2.45) is 11.7 Å². The number of hydrogen-bond donors (Lipinski definition) is 2. The Balaban J connectivity index is 1.78. The summed E-state index contributed by atoms with van der Waals surface area (Å²) in [4.78, 5) is 36.0. The topological polar surface area (TPSA) is 117 Å². The lowest BCUT2D eigenvalue weighted by Crippen LogP contribution is -2.40. The summed E-state index contributed by atoms with van der Waals surface area (Å²) < 4.78 is 15.6. The molecule has 2 aromatic rings. The van der Waals surface area contributed by atoms with Crippen LogP contribution in [0.5, 0.6) is 5.75 Å². The Morgan fingerprint density at radius 2 is 1.67 bits per heavy atom. The Morgan fingerprint density at radius 3 is 2.27 bits per heavy atom. The van der Waals surface area contributed by atoms with Gasteiger partial charge in [0.1, 0.15) is 5.75 Å². The number of nitrogens with two attached hydrogens (primary N) is 1. The second kappa shape index (κ2) is 12.2. The molecule has 0 bridgehead atoms. The first kappa shape index (κ1) is 26.2. The summed E-state index contributed by atoms with van der Waals surface area (Å²) in [6.07, 6.45) is 0.623. The van der Waals surface area contributed by atoms with E-state index in [-0.39, 0.29) is 12.5 Å². The normalized spacial score (nSPS) is 11.9. The SMILES string of the molecule is CC(CN)C(=O)OCOC(=O)C(C)(C)Oc1ccc(CCNC(=O)c2ccc(Cl)cc2)cc1. The number of carbonyl (C=O) groups excluding carboxylic acids is 3. The average molecular weight is 477 g/mol. The van der Waals surface area contributed by atoms with E-state index in [9.17, 15) is 14.4 Å². The van der Waals surface area contributed by atoms with Crippen LogP contribution in [0.1, 0.15) is 36.7 Å². The average Bonchev–Trinajstić information content (AvgIpc) is 2.79. The molecule has 0 fully saturated rings. The fraction of sp³-hybridized carbons (Fsp3) is 0.375. The van der Waals surface area contributed by atoms with Gasteiger partial charge >= 0.3 is 11.9 Å². The van der Waals surface area contributed by atoms with Gasteiger partial charge in [0.2, 0.25) is 6.79 Å². The quantitative estimate of drug-likeness (QED) is 0.378. The van der Waals surface area contributed by atoms with Crippen LogP contribution < -0.4 is 15.8 Å². The van der Waals surface area contributed by atoms with E-state index in [1.54, 1.807) is 57.2 Å². The van der Waals surface area contributed by atoms with Gasteiger partial charge in [-0.25, -0.2) is 4.79 Å². The molecule has 9 heteroatoms. The maximum Gasteiger partial charge on any atom is 0.352 e. The van der Waals surface area contributed by atoms with Crippen LogP contribution >= 0.6 is 11.6 Å². The summed E-state index contributed by atoms with van der Waals surface area (Å²) in [6.45, 7) is 4.83. The molecule has 2 rings (SSSR count). The van der Waals surface area contributed by atoms with Crippen LogP contribution in [-0.2, 0) is 25.5 Å². The van der Waals surface area contributed by atoms with Crippen LogP contribution in [0.2, 0.25) is 5.02 Å². The number of rotatable bonds is 11. The summed E-state index contributed by atoms with van der Waals surface area (Å²) in [5.74, 6) is -1.39. The first-order valence-electron chi connectivity index (χ1n) is 10.5. The molecule has 0 aromatic heterocycles. The van der Waals surface area contributed by atoms with Crippen LogP contribution in [0.4, 0.5) is 0 Å². The zero-order chi connectivity index (χ0) is 24.4. The van der Waals surface area contributed by atoms with Crippen LogP contribution in [0.3, 0.4) is 0 Å². The third-order valence-corrected chi connectivity index (χ3v) is 4.99. The molecule has 1 atom stereocenters. The van der Waals surface area contributed by atoms with Gasteiger partial charge in [0.25, 0.3) is 5.91 Å². The van der Waals surface area contributed by atoms with Crippen molar-refractivity contribution in [2.45, 2.75) is 32.8 Å². The number of halogens is 1. The Kier molecular flexibility index (Phi) is 9.69. The maximum absolute atomic E-state index is 12.3. The van der Waals surface area contributed by atoms with Crippen molar-refractivity contribution < 1.29 is 28.6 Å². The molecule has 178 valence electrons. The molecule has 0 aliphatic rings. The van der Waals surface area contributed by atoms with Gasteiger partial charge in [0, 0.05) is 23.7 Å². The van der Waals surface area contributed by atoms with Crippen LogP contribution in [-0.4, -0.2) is 43.3 Å². The van der Waals surface area contributed by atoms with E-state index >= 15 is 0 Å². The standard InChI is InChI=1S/C24H29ClN2O6/c1-16(14-26)22(29)31-15-32-23(30)24(2,3)33-20-10-4-17(5-11-20)12-13-27-21(28)18-6-8-19(25)9-7-18/h4-11,16H,12-15,26H2,1-3H3,(H,27,28). The highest BCUT2D eigenvalue weighted by Crippen LogP contribution is 2.20. The second-order valence-corrected chi connectivity index (χ2v) is 8.36. The van der Waals surface area contributed by atoms with Gasteiger partial charge in [0.05, 0.1) is 5.92 Å². The molecule has 0 saturated heterocycles. The van der Waals surface area contributed by atoms with E-state index in [1.165, 1.54) is 0 Å². The van der Waals surface area contributed by atoms with E-state index in [0.717, 1.165) is 5.56 Å². The fourth-order valence-electron chi connectivity index (χ4n) is 2.64. The molecule has 0 radical (unpaired) electrons. The van der Waals surface area contributed by atoms with Crippen molar-refractivity contribution in [1.29, 1.82) is 0 Å². The molecule has 0 saturated carbocycles. The van der Waals surface area contributed by atoms with E-state index in [0.29, 0.717) is 29.3 Å². The first-order valence-corrected chi connectivity index (χ1v) is 10.9. The molecule has 8 nitrogen and oxygen atoms in total. The number of carbonyl (C=O) groups is 3. The van der Waals surface area contributed by atoms with Gasteiger partial charge in [-0.3, -0.25) is 9.59 Å². The van der Waals surface area contributed by atoms with Crippen molar-refractivity contribution in [3.63, 3.8) is 0 Å². The van der Waals surface area contributed by atoms with Gasteiger partial charge in [-0.1, -0.05) is 30.7 Å². The lowest BCUT2D eigenvalue weighted by Gasteiger charge is -2.24. The third-order valence-electron chi connectivity index (χ3n) is 4.74. The lowest BCUT2D eigenvalue weighted by molar-refractivity contribution is -0.179. The number of nitrogens with one attached hydrogen (secondary N) is 1. The molecule has 1 amide bonds. The highest BCUT2D eigenvalue weighted by molar-refractivity contribution is 6.30. The van der Waals surface area contributed by atoms with Gasteiger partial charge < -0.3 is 25.3 Å². The summed E-state index contributed by atoms with van der Waals surface area (Å²) >= 11 is 5.83. The van der Waals surface area contributed by atoms with Gasteiger partial charge in [-0.2, -0.15) is 0 Å². The Bertz CT molecular complexity index is 944. The Morgan fingerprint density at radius 1 is 1.03 bits per heavy atom. The van der Waals surface area contributed by atoms with Gasteiger partial charge in [-0.05, 0) is 62.2 Å². The molecule has 1 unspecified atom stereocenters. The van der Waals surface area contributed by atoms with Crippen LogP contribution in [0.15, 0.2) is 48.5 Å².